The Morgan fingerprint density at radius 2 is 1.87 bits per heavy atom. The number of hydrazine groups is 1. The van der Waals surface area contributed by atoms with Crippen LogP contribution in [0.15, 0.2) is 60.7 Å². The van der Waals surface area contributed by atoms with E-state index in [2.05, 4.69) is 27.4 Å². The molecular weight excluding hydrogens is 568 g/mol. The van der Waals surface area contributed by atoms with Crippen molar-refractivity contribution in [1.29, 1.82) is 0 Å². The fourth-order valence-corrected chi connectivity index (χ4v) is 6.14. The number of carbonyl (C=O) groups is 2. The summed E-state index contributed by atoms with van der Waals surface area (Å²) in [5.74, 6) is 0.812. The molecule has 5 aromatic rings. The molecule has 0 unspecified atom stereocenters. The molecule has 11 nitrogen and oxygen atoms in total. The average molecular weight is 607 g/mol. The van der Waals surface area contributed by atoms with Gasteiger partial charge in [-0.25, -0.2) is 15.4 Å². The summed E-state index contributed by atoms with van der Waals surface area (Å²) in [7, 11) is 1.60. The third-order valence-electron chi connectivity index (χ3n) is 8.83. The number of ether oxygens (including phenoxy) is 1. The molecule has 1 aliphatic heterocycles. The van der Waals surface area contributed by atoms with Gasteiger partial charge in [0.25, 0.3) is 11.8 Å². The summed E-state index contributed by atoms with van der Waals surface area (Å²) >= 11 is 0. The molecule has 7 rings (SSSR count). The Bertz CT molecular complexity index is 1910. The minimum atomic E-state index is -0.282. The van der Waals surface area contributed by atoms with E-state index in [1.807, 2.05) is 48.6 Å². The number of fused-ring (bicyclic) bond motifs is 2. The number of nitrogens with one attached hydrogen (secondary N) is 2. The van der Waals surface area contributed by atoms with Crippen LogP contribution in [-0.2, 0) is 6.54 Å². The number of nitrogens with zero attached hydrogens (tertiary/aromatic N) is 5. The van der Waals surface area contributed by atoms with Crippen molar-refractivity contribution in [3.63, 3.8) is 0 Å². The quantitative estimate of drug-likeness (QED) is 0.241. The lowest BCUT2D eigenvalue weighted by Gasteiger charge is -2.31. The predicted octanol–water partition coefficient (Wildman–Crippen LogP) is 4.25. The van der Waals surface area contributed by atoms with E-state index >= 15 is 0 Å². The van der Waals surface area contributed by atoms with Gasteiger partial charge in [0.05, 0.1) is 36.8 Å². The lowest BCUT2D eigenvalue weighted by atomic mass is 10.1. The SMILES string of the molecule is COc1cc(C(=O)N2C[C@H](N)CCN2)cc2nc(-c3cc4ccc([C@@H](C)NC(=O)c5ccccc5)nc4n3CC3CC3)c(C)n12. The van der Waals surface area contributed by atoms with Crippen molar-refractivity contribution >= 4 is 28.5 Å². The van der Waals surface area contributed by atoms with Crippen molar-refractivity contribution in [3.05, 3.63) is 83.2 Å². The molecule has 4 N–H and O–H groups in total. The third-order valence-corrected chi connectivity index (χ3v) is 8.83. The standard InChI is InChI=1S/C34H38N8O3/c1-20(37-33(43)23-7-5-4-6-8-23)27-12-11-24-15-28(40(32(24)38-27)18-22-9-10-22)31-21(2)42-29(39-31)16-25(17-30(42)45-3)34(44)41-19-26(35)13-14-36-41/h4-8,11-12,15-17,20,22,26,36H,9-10,13-14,18-19,35H2,1-3H3,(H,37,43)/t20-,26-/m1/s1. The van der Waals surface area contributed by atoms with Gasteiger partial charge in [-0.3, -0.25) is 19.0 Å². The maximum absolute atomic E-state index is 13.4. The summed E-state index contributed by atoms with van der Waals surface area (Å²) in [6, 6.07) is 18.6. The Hall–Kier alpha value is -4.74. The molecule has 2 atom stereocenters. The van der Waals surface area contributed by atoms with Crippen LogP contribution in [0.4, 0.5) is 0 Å². The fraction of sp³-hybridized carbons (Fsp3) is 0.353. The van der Waals surface area contributed by atoms with Gasteiger partial charge >= 0.3 is 0 Å². The first-order chi connectivity index (χ1) is 21.8. The van der Waals surface area contributed by atoms with Crippen molar-refractivity contribution < 1.29 is 14.3 Å². The average Bonchev–Trinajstić information content (AvgIpc) is 3.73. The molecule has 1 saturated carbocycles. The predicted molar refractivity (Wildman–Crippen MR) is 172 cm³/mol. The smallest absolute Gasteiger partial charge is 0.268 e. The molecule has 45 heavy (non-hydrogen) atoms. The Morgan fingerprint density at radius 3 is 2.60 bits per heavy atom. The second-order valence-corrected chi connectivity index (χ2v) is 12.2. The molecular formula is C34H38N8O3. The first-order valence-corrected chi connectivity index (χ1v) is 15.5. The molecule has 1 saturated heterocycles. The van der Waals surface area contributed by atoms with Crippen LogP contribution in [0.5, 0.6) is 5.88 Å². The van der Waals surface area contributed by atoms with Gasteiger partial charge in [-0.2, -0.15) is 0 Å². The molecule has 11 heteroatoms. The van der Waals surface area contributed by atoms with Crippen LogP contribution >= 0.6 is 0 Å². The van der Waals surface area contributed by atoms with Gasteiger partial charge in [0.2, 0.25) is 0 Å². The van der Waals surface area contributed by atoms with Gasteiger partial charge in [-0.05, 0) is 75.4 Å². The minimum Gasteiger partial charge on any atom is -0.482 e. The van der Waals surface area contributed by atoms with E-state index in [1.54, 1.807) is 30.3 Å². The Balaban J connectivity index is 1.27. The normalized spacial score (nSPS) is 17.5. The summed E-state index contributed by atoms with van der Waals surface area (Å²) in [6.07, 6.45) is 3.18. The number of benzene rings is 1. The topological polar surface area (TPSA) is 132 Å². The molecule has 2 aliphatic rings. The first-order valence-electron chi connectivity index (χ1n) is 15.5. The molecule has 1 aromatic carbocycles. The molecule has 2 amide bonds. The highest BCUT2D eigenvalue weighted by atomic mass is 16.5. The second kappa shape index (κ2) is 11.6. The largest absolute Gasteiger partial charge is 0.482 e. The van der Waals surface area contributed by atoms with Gasteiger partial charge in [-0.1, -0.05) is 18.2 Å². The number of aromatic nitrogens is 4. The zero-order valence-corrected chi connectivity index (χ0v) is 25.8. The van der Waals surface area contributed by atoms with Gasteiger partial charge in [0.15, 0.2) is 5.88 Å². The Morgan fingerprint density at radius 1 is 1.07 bits per heavy atom. The molecule has 232 valence electrons. The van der Waals surface area contributed by atoms with E-state index in [0.29, 0.717) is 41.7 Å². The lowest BCUT2D eigenvalue weighted by molar-refractivity contribution is 0.0586. The van der Waals surface area contributed by atoms with Crippen LogP contribution in [0, 0.1) is 12.8 Å². The van der Waals surface area contributed by atoms with Gasteiger partial charge in [0, 0.05) is 41.7 Å². The van der Waals surface area contributed by atoms with Crippen molar-refractivity contribution in [2.75, 3.05) is 20.2 Å². The summed E-state index contributed by atoms with van der Waals surface area (Å²) in [4.78, 5) is 36.4. The zero-order chi connectivity index (χ0) is 31.2. The minimum absolute atomic E-state index is 0.0632. The number of amides is 2. The highest BCUT2D eigenvalue weighted by Gasteiger charge is 2.28. The van der Waals surface area contributed by atoms with Crippen LogP contribution in [0.2, 0.25) is 0 Å². The first kappa shape index (κ1) is 29.0. The van der Waals surface area contributed by atoms with Crippen LogP contribution in [-0.4, -0.2) is 62.0 Å². The number of hydrogen-bond acceptors (Lipinski definition) is 7. The van der Waals surface area contributed by atoms with Crippen LogP contribution in [0.25, 0.3) is 28.1 Å². The molecule has 5 heterocycles. The van der Waals surface area contributed by atoms with E-state index in [9.17, 15) is 9.59 Å². The highest BCUT2D eigenvalue weighted by molar-refractivity contribution is 5.96. The van der Waals surface area contributed by atoms with Crippen LogP contribution in [0.3, 0.4) is 0 Å². The number of imidazole rings is 1. The number of pyridine rings is 2. The summed E-state index contributed by atoms with van der Waals surface area (Å²) in [5.41, 5.74) is 15.3. The maximum Gasteiger partial charge on any atom is 0.268 e. The third kappa shape index (κ3) is 5.53. The van der Waals surface area contributed by atoms with E-state index in [1.165, 1.54) is 12.8 Å². The summed E-state index contributed by atoms with van der Waals surface area (Å²) in [5, 5.41) is 5.67. The fourth-order valence-electron chi connectivity index (χ4n) is 6.14. The van der Waals surface area contributed by atoms with Crippen LogP contribution in [0.1, 0.15) is 64.3 Å². The van der Waals surface area contributed by atoms with E-state index < -0.39 is 0 Å². The second-order valence-electron chi connectivity index (χ2n) is 12.2. The van der Waals surface area contributed by atoms with Crippen molar-refractivity contribution in [3.8, 4) is 17.3 Å². The van der Waals surface area contributed by atoms with Crippen molar-refractivity contribution in [2.24, 2.45) is 11.7 Å². The molecule has 0 bridgehead atoms. The summed E-state index contributed by atoms with van der Waals surface area (Å²) < 4.78 is 9.98. The van der Waals surface area contributed by atoms with E-state index in [4.69, 9.17) is 20.4 Å². The highest BCUT2D eigenvalue weighted by Crippen LogP contribution is 2.37. The lowest BCUT2D eigenvalue weighted by Crippen LogP contribution is -2.54. The Labute approximate surface area is 261 Å². The maximum atomic E-state index is 13.4. The van der Waals surface area contributed by atoms with Crippen molar-refractivity contribution in [1.82, 2.24) is 34.7 Å². The van der Waals surface area contributed by atoms with Gasteiger partial charge < -0.3 is 20.4 Å². The number of nitrogens with two attached hydrogens (primary N) is 1. The molecule has 0 spiro atoms. The zero-order valence-electron chi connectivity index (χ0n) is 25.8. The van der Waals surface area contributed by atoms with E-state index in [-0.39, 0.29) is 23.9 Å². The number of methoxy groups -OCH3 is 1. The molecule has 0 radical (unpaired) electrons. The van der Waals surface area contributed by atoms with Gasteiger partial charge in [-0.15, -0.1) is 0 Å². The number of rotatable bonds is 8. The molecule has 2 fully saturated rings. The number of carbonyl (C=O) groups excluding carboxylic acids is 2. The van der Waals surface area contributed by atoms with E-state index in [0.717, 1.165) is 46.8 Å². The molecule has 1 aliphatic carbocycles. The number of aryl methyl sites for hydroxylation is 1. The molecule has 4 aromatic heterocycles. The van der Waals surface area contributed by atoms with Gasteiger partial charge in [0.1, 0.15) is 17.0 Å². The van der Waals surface area contributed by atoms with Crippen LogP contribution < -0.4 is 21.2 Å². The summed E-state index contributed by atoms with van der Waals surface area (Å²) in [6.45, 7) is 5.89. The number of hydrogen-bond donors (Lipinski definition) is 3. The monoisotopic (exact) mass is 606 g/mol. The van der Waals surface area contributed by atoms with Crippen molar-refractivity contribution in [2.45, 2.75) is 51.7 Å². The Kier molecular flexibility index (Phi) is 7.50.